The van der Waals surface area contributed by atoms with Crippen molar-refractivity contribution in [3.63, 3.8) is 0 Å². The van der Waals surface area contributed by atoms with Gasteiger partial charge < -0.3 is 9.64 Å². The topological polar surface area (TPSA) is 77.3 Å². The fraction of sp³-hybridized carbons (Fsp3) is 0.412. The second kappa shape index (κ2) is 7.25. The third-order valence-corrected chi connectivity index (χ3v) is 3.98. The summed E-state index contributed by atoms with van der Waals surface area (Å²) in [5.41, 5.74) is 1.32. The number of likely N-dealkylation sites (tertiary alicyclic amines) is 1. The molecule has 1 amide bonds. The minimum Gasteiger partial charge on any atom is -0.461 e. The summed E-state index contributed by atoms with van der Waals surface area (Å²) >= 11 is 0. The molecule has 1 unspecified atom stereocenters. The number of aromatic nitrogens is 3. The molecular formula is C17H20N4O3. The summed E-state index contributed by atoms with van der Waals surface area (Å²) in [6, 6.07) is 9.94. The Morgan fingerprint density at radius 2 is 2.12 bits per heavy atom. The summed E-state index contributed by atoms with van der Waals surface area (Å²) in [6.45, 7) is 3.92. The summed E-state index contributed by atoms with van der Waals surface area (Å²) in [6.07, 6.45) is 2.06. The number of amides is 1. The summed E-state index contributed by atoms with van der Waals surface area (Å²) < 4.78 is 6.50. The largest absolute Gasteiger partial charge is 0.461 e. The number of esters is 1. The molecule has 0 bridgehead atoms. The number of carbonyl (C=O) groups excluding carboxylic acids is 2. The lowest BCUT2D eigenvalue weighted by Gasteiger charge is -2.16. The number of carbonyl (C=O) groups is 2. The van der Waals surface area contributed by atoms with Crippen molar-refractivity contribution in [1.82, 2.24) is 19.9 Å². The Kier molecular flexibility index (Phi) is 4.88. The van der Waals surface area contributed by atoms with Crippen molar-refractivity contribution in [3.8, 4) is 0 Å². The van der Waals surface area contributed by atoms with Gasteiger partial charge in [0.2, 0.25) is 5.91 Å². The van der Waals surface area contributed by atoms with Crippen LogP contribution in [0.2, 0.25) is 0 Å². The molecular weight excluding hydrogens is 308 g/mol. The molecule has 0 saturated carbocycles. The van der Waals surface area contributed by atoms with Crippen LogP contribution >= 0.6 is 0 Å². The smallest absolute Gasteiger partial charge is 0.360 e. The van der Waals surface area contributed by atoms with E-state index in [-0.39, 0.29) is 17.5 Å². The molecule has 0 radical (unpaired) electrons. The van der Waals surface area contributed by atoms with Crippen LogP contribution in [0.15, 0.2) is 36.5 Å². The van der Waals surface area contributed by atoms with Gasteiger partial charge in [-0.05, 0) is 12.5 Å². The highest BCUT2D eigenvalue weighted by molar-refractivity contribution is 5.86. The highest BCUT2D eigenvalue weighted by Gasteiger charge is 2.30. The Hall–Kier alpha value is -2.70. The van der Waals surface area contributed by atoms with Gasteiger partial charge in [0.15, 0.2) is 5.69 Å². The van der Waals surface area contributed by atoms with E-state index in [0.29, 0.717) is 32.7 Å². The molecule has 1 saturated heterocycles. The van der Waals surface area contributed by atoms with Gasteiger partial charge in [-0.1, -0.05) is 35.5 Å². The minimum atomic E-state index is -0.475. The van der Waals surface area contributed by atoms with E-state index in [0.717, 1.165) is 5.56 Å². The maximum Gasteiger partial charge on any atom is 0.360 e. The molecule has 1 atom stereocenters. The Morgan fingerprint density at radius 3 is 2.88 bits per heavy atom. The van der Waals surface area contributed by atoms with Crippen LogP contribution in [-0.4, -0.2) is 44.9 Å². The molecule has 24 heavy (non-hydrogen) atoms. The molecule has 3 rings (SSSR count). The van der Waals surface area contributed by atoms with Crippen molar-refractivity contribution in [1.29, 1.82) is 0 Å². The predicted molar refractivity (Wildman–Crippen MR) is 85.9 cm³/mol. The van der Waals surface area contributed by atoms with Gasteiger partial charge in [-0.2, -0.15) is 0 Å². The van der Waals surface area contributed by atoms with Gasteiger partial charge in [0.1, 0.15) is 0 Å². The van der Waals surface area contributed by atoms with E-state index in [1.54, 1.807) is 17.8 Å². The molecule has 1 aliphatic rings. The van der Waals surface area contributed by atoms with Gasteiger partial charge >= 0.3 is 5.97 Å². The molecule has 1 aliphatic heterocycles. The summed E-state index contributed by atoms with van der Waals surface area (Å²) in [4.78, 5) is 25.7. The Balaban J connectivity index is 1.57. The van der Waals surface area contributed by atoms with Crippen molar-refractivity contribution < 1.29 is 14.3 Å². The van der Waals surface area contributed by atoms with E-state index in [2.05, 4.69) is 10.3 Å². The lowest BCUT2D eigenvalue weighted by molar-refractivity contribution is -0.128. The van der Waals surface area contributed by atoms with Crippen LogP contribution in [0.4, 0.5) is 0 Å². The zero-order valence-electron chi connectivity index (χ0n) is 13.6. The molecule has 0 spiro atoms. The van der Waals surface area contributed by atoms with E-state index in [1.165, 1.54) is 0 Å². The van der Waals surface area contributed by atoms with E-state index in [1.807, 2.05) is 35.2 Å². The molecule has 1 fully saturated rings. The summed E-state index contributed by atoms with van der Waals surface area (Å²) in [7, 11) is 0. The van der Waals surface area contributed by atoms with E-state index in [4.69, 9.17) is 4.74 Å². The van der Waals surface area contributed by atoms with Gasteiger partial charge in [-0.3, -0.25) is 9.48 Å². The van der Waals surface area contributed by atoms with Crippen molar-refractivity contribution >= 4 is 11.9 Å². The van der Waals surface area contributed by atoms with Gasteiger partial charge in [-0.15, -0.1) is 5.10 Å². The number of ether oxygens (including phenoxy) is 1. The molecule has 7 heteroatoms. The zero-order chi connectivity index (χ0) is 16.9. The molecule has 0 aliphatic carbocycles. The first-order valence-electron chi connectivity index (χ1n) is 8.04. The Bertz CT molecular complexity index is 714. The van der Waals surface area contributed by atoms with Crippen LogP contribution in [0.3, 0.4) is 0 Å². The maximum atomic E-state index is 12.2. The highest BCUT2D eigenvalue weighted by atomic mass is 16.5. The first-order chi connectivity index (χ1) is 11.7. The number of benzene rings is 1. The quantitative estimate of drug-likeness (QED) is 0.751. The second-order valence-corrected chi connectivity index (χ2v) is 5.88. The normalized spacial score (nSPS) is 17.3. The maximum absolute atomic E-state index is 12.2. The van der Waals surface area contributed by atoms with Gasteiger partial charge in [0, 0.05) is 32.0 Å². The summed E-state index contributed by atoms with van der Waals surface area (Å²) in [5, 5.41) is 7.78. The molecule has 1 aromatic carbocycles. The number of hydrogen-bond acceptors (Lipinski definition) is 5. The molecule has 2 aromatic rings. The van der Waals surface area contributed by atoms with Crippen LogP contribution in [0.5, 0.6) is 0 Å². The van der Waals surface area contributed by atoms with Crippen LogP contribution in [-0.2, 0) is 22.6 Å². The first-order valence-corrected chi connectivity index (χ1v) is 8.04. The lowest BCUT2D eigenvalue weighted by atomic mass is 10.1. The van der Waals surface area contributed by atoms with Crippen molar-refractivity contribution in [2.75, 3.05) is 13.2 Å². The number of rotatable bonds is 6. The highest BCUT2D eigenvalue weighted by Crippen LogP contribution is 2.21. The first kappa shape index (κ1) is 16.2. The molecule has 126 valence electrons. The molecule has 2 heterocycles. The Morgan fingerprint density at radius 1 is 1.33 bits per heavy atom. The van der Waals surface area contributed by atoms with Crippen LogP contribution < -0.4 is 0 Å². The molecule has 0 N–H and O–H groups in total. The fourth-order valence-corrected chi connectivity index (χ4v) is 2.88. The van der Waals surface area contributed by atoms with E-state index >= 15 is 0 Å². The predicted octanol–water partition coefficient (Wildman–Crippen LogP) is 1.50. The Labute approximate surface area is 140 Å². The van der Waals surface area contributed by atoms with E-state index < -0.39 is 5.97 Å². The second-order valence-electron chi connectivity index (χ2n) is 5.88. The average molecular weight is 328 g/mol. The SMILES string of the molecule is CCOC(=O)c1cn(CC2CC(=O)N(Cc3ccccc3)C2)nn1. The van der Waals surface area contributed by atoms with Crippen LogP contribution in [0, 0.1) is 5.92 Å². The lowest BCUT2D eigenvalue weighted by Crippen LogP contribution is -2.25. The van der Waals surface area contributed by atoms with Crippen molar-refractivity contribution in [3.05, 3.63) is 47.8 Å². The van der Waals surface area contributed by atoms with E-state index in [9.17, 15) is 9.59 Å². The zero-order valence-corrected chi connectivity index (χ0v) is 13.6. The third kappa shape index (κ3) is 3.79. The number of nitrogens with zero attached hydrogens (tertiary/aromatic N) is 4. The number of hydrogen-bond donors (Lipinski definition) is 0. The average Bonchev–Trinajstić information content (AvgIpc) is 3.16. The molecule has 7 nitrogen and oxygen atoms in total. The third-order valence-electron chi connectivity index (χ3n) is 3.98. The standard InChI is InChI=1S/C17H20N4O3/c1-2-24-17(23)15-12-21(19-18-15)11-14-8-16(22)20(10-14)9-13-6-4-3-5-7-13/h3-7,12,14H,2,8-11H2,1H3. The fourth-order valence-electron chi connectivity index (χ4n) is 2.88. The van der Waals surface area contributed by atoms with Crippen molar-refractivity contribution in [2.24, 2.45) is 5.92 Å². The minimum absolute atomic E-state index is 0.148. The van der Waals surface area contributed by atoms with Crippen LogP contribution in [0.1, 0.15) is 29.4 Å². The molecule has 1 aromatic heterocycles. The van der Waals surface area contributed by atoms with Crippen molar-refractivity contribution in [2.45, 2.75) is 26.4 Å². The van der Waals surface area contributed by atoms with Gasteiger partial charge in [-0.25, -0.2) is 4.79 Å². The van der Waals surface area contributed by atoms with Gasteiger partial charge in [0.05, 0.1) is 12.8 Å². The van der Waals surface area contributed by atoms with Crippen LogP contribution in [0.25, 0.3) is 0 Å². The summed E-state index contributed by atoms with van der Waals surface area (Å²) in [5.74, 6) is -0.163. The van der Waals surface area contributed by atoms with Gasteiger partial charge in [0.25, 0.3) is 0 Å². The monoisotopic (exact) mass is 328 g/mol.